The van der Waals surface area contributed by atoms with E-state index in [1.807, 2.05) is 42.9 Å². The normalized spacial score (nSPS) is 12.0. The second kappa shape index (κ2) is 9.08. The van der Waals surface area contributed by atoms with Crippen LogP contribution >= 0.6 is 11.6 Å². The monoisotopic (exact) mass is 403 g/mol. The van der Waals surface area contributed by atoms with Gasteiger partial charge in [0.25, 0.3) is 0 Å². The summed E-state index contributed by atoms with van der Waals surface area (Å²) in [4.78, 5) is 4.40. The van der Waals surface area contributed by atoms with Gasteiger partial charge >= 0.3 is 0 Å². The van der Waals surface area contributed by atoms with Gasteiger partial charge in [0, 0.05) is 31.5 Å². The molecule has 1 heterocycles. The van der Waals surface area contributed by atoms with E-state index in [1.165, 1.54) is 6.07 Å². The first-order chi connectivity index (χ1) is 13.5. The topological polar surface area (TPSA) is 48.3 Å². The summed E-state index contributed by atoms with van der Waals surface area (Å²) >= 11 is 6.37. The first-order valence-corrected chi connectivity index (χ1v) is 9.37. The molecule has 1 atom stereocenters. The van der Waals surface area contributed by atoms with Gasteiger partial charge in [0.05, 0.1) is 24.8 Å². The van der Waals surface area contributed by atoms with E-state index in [4.69, 9.17) is 21.1 Å². The van der Waals surface area contributed by atoms with Gasteiger partial charge in [-0.05, 0) is 30.7 Å². The molecule has 0 radical (unpaired) electrons. The summed E-state index contributed by atoms with van der Waals surface area (Å²) in [6, 6.07) is 9.95. The molecule has 0 spiro atoms. The minimum atomic E-state index is -0.419. The standard InChI is InChI=1S/C21H23ClFN3O2/c1-4-28-20-16(22)11-14(12-18(20)27-3)13-25-19(21-24-9-10-26(21)2)15-7-5-6-8-17(15)23/h5-12,19,25H,4,13H2,1-3H3/t19-/m1/s1. The number of ether oxygens (including phenoxy) is 2. The molecule has 1 aromatic heterocycles. The van der Waals surface area contributed by atoms with E-state index in [0.717, 1.165) is 5.56 Å². The van der Waals surface area contributed by atoms with Gasteiger partial charge in [-0.15, -0.1) is 0 Å². The van der Waals surface area contributed by atoms with Gasteiger partial charge in [-0.25, -0.2) is 9.37 Å². The predicted octanol–water partition coefficient (Wildman–Crippen LogP) is 4.50. The van der Waals surface area contributed by atoms with E-state index in [0.29, 0.717) is 41.1 Å². The summed E-state index contributed by atoms with van der Waals surface area (Å²) < 4.78 is 27.3. The number of rotatable bonds is 8. The van der Waals surface area contributed by atoms with Crippen molar-refractivity contribution in [3.63, 3.8) is 0 Å². The Morgan fingerprint density at radius 1 is 1.29 bits per heavy atom. The molecule has 2 aromatic carbocycles. The predicted molar refractivity (Wildman–Crippen MR) is 107 cm³/mol. The van der Waals surface area contributed by atoms with Gasteiger partial charge < -0.3 is 14.0 Å². The average molecular weight is 404 g/mol. The van der Waals surface area contributed by atoms with Crippen molar-refractivity contribution in [2.45, 2.75) is 19.5 Å². The number of benzene rings is 2. The second-order valence-electron chi connectivity index (χ2n) is 6.27. The van der Waals surface area contributed by atoms with Crippen LogP contribution in [0.15, 0.2) is 48.8 Å². The summed E-state index contributed by atoms with van der Waals surface area (Å²) in [7, 11) is 3.45. The molecule has 5 nitrogen and oxygen atoms in total. The Labute approximate surface area is 169 Å². The molecule has 0 fully saturated rings. The van der Waals surface area contributed by atoms with Gasteiger partial charge in [-0.3, -0.25) is 5.32 Å². The smallest absolute Gasteiger partial charge is 0.179 e. The first kappa shape index (κ1) is 20.2. The van der Waals surface area contributed by atoms with Crippen LogP contribution in [0, 0.1) is 5.82 Å². The Balaban J connectivity index is 1.90. The zero-order chi connectivity index (χ0) is 20.1. The van der Waals surface area contributed by atoms with E-state index in [2.05, 4.69) is 10.3 Å². The molecule has 0 amide bonds. The van der Waals surface area contributed by atoms with Gasteiger partial charge in [0.1, 0.15) is 11.6 Å². The fourth-order valence-corrected chi connectivity index (χ4v) is 3.37. The fraction of sp³-hybridized carbons (Fsp3) is 0.286. The highest BCUT2D eigenvalue weighted by molar-refractivity contribution is 6.32. The fourth-order valence-electron chi connectivity index (χ4n) is 3.08. The van der Waals surface area contributed by atoms with E-state index in [9.17, 15) is 4.39 Å². The molecule has 0 aliphatic heterocycles. The highest BCUT2D eigenvalue weighted by atomic mass is 35.5. The number of halogens is 2. The Kier molecular flexibility index (Phi) is 6.54. The number of nitrogens with zero attached hydrogens (tertiary/aromatic N) is 2. The third kappa shape index (κ3) is 4.29. The Morgan fingerprint density at radius 2 is 2.07 bits per heavy atom. The van der Waals surface area contributed by atoms with Gasteiger partial charge in [0.15, 0.2) is 11.5 Å². The maximum atomic E-state index is 14.5. The number of hydrogen-bond donors (Lipinski definition) is 1. The maximum Gasteiger partial charge on any atom is 0.179 e. The van der Waals surface area contributed by atoms with Crippen LogP contribution in [0.4, 0.5) is 4.39 Å². The molecular formula is C21H23ClFN3O2. The van der Waals surface area contributed by atoms with E-state index in [1.54, 1.807) is 25.4 Å². The Bertz CT molecular complexity index is 945. The molecule has 1 N–H and O–H groups in total. The van der Waals surface area contributed by atoms with Crippen LogP contribution in [-0.4, -0.2) is 23.3 Å². The molecule has 28 heavy (non-hydrogen) atoms. The lowest BCUT2D eigenvalue weighted by atomic mass is 10.0. The highest BCUT2D eigenvalue weighted by Crippen LogP contribution is 2.36. The first-order valence-electron chi connectivity index (χ1n) is 8.99. The zero-order valence-corrected chi connectivity index (χ0v) is 16.8. The van der Waals surface area contributed by atoms with Crippen molar-refractivity contribution >= 4 is 11.6 Å². The summed E-state index contributed by atoms with van der Waals surface area (Å²) in [5, 5.41) is 3.86. The van der Waals surface area contributed by atoms with Crippen LogP contribution < -0.4 is 14.8 Å². The van der Waals surface area contributed by atoms with Crippen LogP contribution in [0.1, 0.15) is 29.9 Å². The van der Waals surface area contributed by atoms with Crippen LogP contribution in [0.2, 0.25) is 5.02 Å². The third-order valence-electron chi connectivity index (χ3n) is 4.42. The van der Waals surface area contributed by atoms with Crippen molar-refractivity contribution in [1.82, 2.24) is 14.9 Å². The van der Waals surface area contributed by atoms with E-state index < -0.39 is 6.04 Å². The molecule has 3 aromatic rings. The van der Waals surface area contributed by atoms with Crippen molar-refractivity contribution in [1.29, 1.82) is 0 Å². The van der Waals surface area contributed by atoms with E-state index >= 15 is 0 Å². The summed E-state index contributed by atoms with van der Waals surface area (Å²) in [5.41, 5.74) is 1.42. The summed E-state index contributed by atoms with van der Waals surface area (Å²) in [6.07, 6.45) is 3.53. The molecule has 0 saturated carbocycles. The van der Waals surface area contributed by atoms with Crippen LogP contribution in [0.3, 0.4) is 0 Å². The number of methoxy groups -OCH3 is 1. The number of nitrogens with one attached hydrogen (secondary N) is 1. The largest absolute Gasteiger partial charge is 0.493 e. The minimum absolute atomic E-state index is 0.287. The zero-order valence-electron chi connectivity index (χ0n) is 16.1. The molecule has 0 aliphatic rings. The molecular weight excluding hydrogens is 381 g/mol. The Hall–Kier alpha value is -2.57. The number of aromatic nitrogens is 2. The van der Waals surface area contributed by atoms with Crippen molar-refractivity contribution in [3.8, 4) is 11.5 Å². The lowest BCUT2D eigenvalue weighted by molar-refractivity contribution is 0.311. The molecule has 7 heteroatoms. The lowest BCUT2D eigenvalue weighted by Crippen LogP contribution is -2.25. The third-order valence-corrected chi connectivity index (χ3v) is 4.70. The van der Waals surface area contributed by atoms with Gasteiger partial charge in [0.2, 0.25) is 0 Å². The summed E-state index contributed by atoms with van der Waals surface area (Å²) in [6.45, 7) is 2.81. The Morgan fingerprint density at radius 3 is 2.71 bits per heavy atom. The maximum absolute atomic E-state index is 14.5. The number of hydrogen-bond acceptors (Lipinski definition) is 4. The minimum Gasteiger partial charge on any atom is -0.493 e. The van der Waals surface area contributed by atoms with Gasteiger partial charge in [-0.2, -0.15) is 0 Å². The van der Waals surface area contributed by atoms with Gasteiger partial charge in [-0.1, -0.05) is 29.8 Å². The molecule has 0 bridgehead atoms. The molecule has 0 saturated heterocycles. The average Bonchev–Trinajstić information content (AvgIpc) is 3.11. The SMILES string of the molecule is CCOc1c(Cl)cc(CN[C@H](c2ccccc2F)c2nccn2C)cc1OC. The van der Waals surface area contributed by atoms with Crippen LogP contribution in [-0.2, 0) is 13.6 Å². The van der Waals surface area contributed by atoms with Crippen molar-refractivity contribution < 1.29 is 13.9 Å². The van der Waals surface area contributed by atoms with Crippen molar-refractivity contribution in [2.24, 2.45) is 7.05 Å². The molecule has 148 valence electrons. The van der Waals surface area contributed by atoms with E-state index in [-0.39, 0.29) is 5.82 Å². The molecule has 3 rings (SSSR count). The second-order valence-corrected chi connectivity index (χ2v) is 6.68. The number of aryl methyl sites for hydroxylation is 1. The quantitative estimate of drug-likeness (QED) is 0.601. The molecule has 0 aliphatic carbocycles. The highest BCUT2D eigenvalue weighted by Gasteiger charge is 2.21. The van der Waals surface area contributed by atoms with Crippen LogP contribution in [0.5, 0.6) is 11.5 Å². The number of imidazole rings is 1. The van der Waals surface area contributed by atoms with Crippen molar-refractivity contribution in [2.75, 3.05) is 13.7 Å². The summed E-state index contributed by atoms with van der Waals surface area (Å²) in [5.74, 6) is 1.51. The molecule has 0 unspecified atom stereocenters. The lowest BCUT2D eigenvalue weighted by Gasteiger charge is -2.20. The van der Waals surface area contributed by atoms with Crippen molar-refractivity contribution in [3.05, 3.63) is 76.6 Å². The van der Waals surface area contributed by atoms with Crippen LogP contribution in [0.25, 0.3) is 0 Å².